The number of aromatic nitrogens is 1. The summed E-state index contributed by atoms with van der Waals surface area (Å²) >= 11 is 0. The van der Waals surface area contributed by atoms with Crippen molar-refractivity contribution in [2.24, 2.45) is 0 Å². The van der Waals surface area contributed by atoms with E-state index in [1.54, 1.807) is 7.11 Å². The average Bonchev–Trinajstić information content (AvgIpc) is 2.69. The van der Waals surface area contributed by atoms with Crippen molar-refractivity contribution in [3.05, 3.63) is 23.5 Å². The molecule has 1 aromatic heterocycles. The van der Waals surface area contributed by atoms with Crippen LogP contribution in [0.25, 0.3) is 0 Å². The van der Waals surface area contributed by atoms with Gasteiger partial charge in [0.1, 0.15) is 11.8 Å². The summed E-state index contributed by atoms with van der Waals surface area (Å²) < 4.78 is 13.5. The Bertz CT molecular complexity index is 479. The highest BCUT2D eigenvalue weighted by molar-refractivity contribution is 5.26. The Labute approximate surface area is 127 Å². The minimum absolute atomic E-state index is 0.148. The summed E-state index contributed by atoms with van der Waals surface area (Å²) in [4.78, 5) is 0. The van der Waals surface area contributed by atoms with Crippen LogP contribution < -0.4 is 0 Å². The summed E-state index contributed by atoms with van der Waals surface area (Å²) in [6, 6.07) is 6.20. The first-order valence-electron chi connectivity index (χ1n) is 7.90. The number of nitriles is 1. The van der Waals surface area contributed by atoms with E-state index in [1.165, 1.54) is 25.7 Å². The summed E-state index contributed by atoms with van der Waals surface area (Å²) in [5, 5.41) is 9.28. The van der Waals surface area contributed by atoms with E-state index in [4.69, 9.17) is 9.47 Å². The molecule has 4 nitrogen and oxygen atoms in total. The molecule has 0 bridgehead atoms. The van der Waals surface area contributed by atoms with Crippen LogP contribution in [0.1, 0.15) is 49.9 Å². The van der Waals surface area contributed by atoms with E-state index in [-0.39, 0.29) is 5.60 Å². The van der Waals surface area contributed by atoms with Crippen molar-refractivity contribution in [3.8, 4) is 6.07 Å². The van der Waals surface area contributed by atoms with Crippen LogP contribution in [0.5, 0.6) is 0 Å². The molecule has 4 heteroatoms. The van der Waals surface area contributed by atoms with Gasteiger partial charge in [0.15, 0.2) is 0 Å². The second-order valence-corrected chi connectivity index (χ2v) is 6.00. The lowest BCUT2D eigenvalue weighted by atomic mass is 9.93. The monoisotopic (exact) mass is 290 g/mol. The molecule has 1 aliphatic rings. The second kappa shape index (κ2) is 7.63. The van der Waals surface area contributed by atoms with Crippen molar-refractivity contribution in [3.63, 3.8) is 0 Å². The largest absolute Gasteiger partial charge is 0.382 e. The van der Waals surface area contributed by atoms with Crippen LogP contribution in [0.2, 0.25) is 0 Å². The van der Waals surface area contributed by atoms with Crippen LogP contribution in [0.15, 0.2) is 12.1 Å². The van der Waals surface area contributed by atoms with Gasteiger partial charge < -0.3 is 14.0 Å². The van der Waals surface area contributed by atoms with Crippen LogP contribution in [0.4, 0.5) is 0 Å². The fraction of sp³-hybridized carbons (Fsp3) is 0.706. The molecular weight excluding hydrogens is 264 g/mol. The quantitative estimate of drug-likeness (QED) is 0.595. The van der Waals surface area contributed by atoms with Crippen molar-refractivity contribution in [1.82, 2.24) is 4.57 Å². The molecular formula is C17H26N2O2. The van der Waals surface area contributed by atoms with Crippen LogP contribution in [0.3, 0.4) is 0 Å². The molecule has 116 valence electrons. The second-order valence-electron chi connectivity index (χ2n) is 6.00. The average molecular weight is 290 g/mol. The molecule has 0 atom stereocenters. The molecule has 0 spiro atoms. The van der Waals surface area contributed by atoms with Gasteiger partial charge in [0, 0.05) is 12.8 Å². The zero-order valence-corrected chi connectivity index (χ0v) is 13.2. The van der Waals surface area contributed by atoms with Gasteiger partial charge in [-0.05, 0) is 31.9 Å². The van der Waals surface area contributed by atoms with E-state index in [9.17, 15) is 5.26 Å². The molecule has 1 aromatic rings. The SMILES string of the molecule is COCCOC1(Cn2c(C)ccc2C#N)CCCCCC1. The molecule has 0 aliphatic heterocycles. The maximum atomic E-state index is 9.28. The number of methoxy groups -OCH3 is 1. The molecule has 21 heavy (non-hydrogen) atoms. The maximum absolute atomic E-state index is 9.28. The molecule has 0 amide bonds. The van der Waals surface area contributed by atoms with E-state index >= 15 is 0 Å². The number of rotatable bonds is 6. The minimum atomic E-state index is -0.148. The van der Waals surface area contributed by atoms with Gasteiger partial charge in [-0.25, -0.2) is 0 Å². The highest BCUT2D eigenvalue weighted by Gasteiger charge is 2.33. The summed E-state index contributed by atoms with van der Waals surface area (Å²) in [5.74, 6) is 0. The fourth-order valence-electron chi connectivity index (χ4n) is 3.23. The van der Waals surface area contributed by atoms with Crippen LogP contribution in [-0.4, -0.2) is 30.5 Å². The zero-order valence-electron chi connectivity index (χ0n) is 13.2. The van der Waals surface area contributed by atoms with Gasteiger partial charge in [0.05, 0.1) is 25.4 Å². The lowest BCUT2D eigenvalue weighted by Gasteiger charge is -2.34. The van der Waals surface area contributed by atoms with Crippen LogP contribution >= 0.6 is 0 Å². The number of aryl methyl sites for hydroxylation is 1. The summed E-state index contributed by atoms with van der Waals surface area (Å²) in [6.07, 6.45) is 7.11. The van der Waals surface area contributed by atoms with Crippen molar-refractivity contribution in [2.45, 2.75) is 57.6 Å². The molecule has 1 saturated carbocycles. The first-order valence-corrected chi connectivity index (χ1v) is 7.90. The van der Waals surface area contributed by atoms with E-state index in [2.05, 4.69) is 17.6 Å². The van der Waals surface area contributed by atoms with Gasteiger partial charge >= 0.3 is 0 Å². The van der Waals surface area contributed by atoms with Crippen LogP contribution in [0, 0.1) is 18.3 Å². The van der Waals surface area contributed by atoms with Gasteiger partial charge in [-0.15, -0.1) is 0 Å². The Hall–Kier alpha value is -1.31. The highest BCUT2D eigenvalue weighted by atomic mass is 16.5. The van der Waals surface area contributed by atoms with E-state index in [0.29, 0.717) is 13.2 Å². The van der Waals surface area contributed by atoms with Crippen molar-refractivity contribution in [1.29, 1.82) is 5.26 Å². The molecule has 1 aliphatic carbocycles. The molecule has 0 N–H and O–H groups in total. The predicted molar refractivity (Wildman–Crippen MR) is 82.1 cm³/mol. The number of nitrogens with zero attached hydrogens (tertiary/aromatic N) is 2. The van der Waals surface area contributed by atoms with Crippen LogP contribution in [-0.2, 0) is 16.0 Å². The molecule has 0 aromatic carbocycles. The molecule has 2 rings (SSSR count). The van der Waals surface area contributed by atoms with E-state index < -0.39 is 0 Å². The molecule has 0 saturated heterocycles. The van der Waals surface area contributed by atoms with Crippen molar-refractivity contribution < 1.29 is 9.47 Å². The van der Waals surface area contributed by atoms with Gasteiger partial charge in [-0.2, -0.15) is 5.26 Å². The van der Waals surface area contributed by atoms with E-state index in [0.717, 1.165) is 30.8 Å². The summed E-state index contributed by atoms with van der Waals surface area (Å²) in [7, 11) is 1.70. The van der Waals surface area contributed by atoms with Crippen molar-refractivity contribution in [2.75, 3.05) is 20.3 Å². The third kappa shape index (κ3) is 4.09. The predicted octanol–water partition coefficient (Wildman–Crippen LogP) is 3.42. The van der Waals surface area contributed by atoms with Gasteiger partial charge in [-0.3, -0.25) is 0 Å². The Balaban J connectivity index is 2.18. The number of ether oxygens (including phenoxy) is 2. The standard InChI is InChI=1S/C17H26N2O2/c1-15-7-8-16(13-18)19(15)14-17(21-12-11-20-2)9-5-3-4-6-10-17/h7-8H,3-6,9-12,14H2,1-2H3. The number of hydrogen-bond acceptors (Lipinski definition) is 3. The lowest BCUT2D eigenvalue weighted by molar-refractivity contribution is -0.0825. The van der Waals surface area contributed by atoms with Gasteiger partial charge in [0.2, 0.25) is 0 Å². The third-order valence-corrected chi connectivity index (χ3v) is 4.47. The maximum Gasteiger partial charge on any atom is 0.120 e. The highest BCUT2D eigenvalue weighted by Crippen LogP contribution is 2.33. The fourth-order valence-corrected chi connectivity index (χ4v) is 3.23. The lowest BCUT2D eigenvalue weighted by Crippen LogP contribution is -2.38. The third-order valence-electron chi connectivity index (χ3n) is 4.47. The Morgan fingerprint density at radius 1 is 1.19 bits per heavy atom. The Kier molecular flexibility index (Phi) is 5.84. The van der Waals surface area contributed by atoms with Gasteiger partial charge in [-0.1, -0.05) is 25.7 Å². The van der Waals surface area contributed by atoms with Gasteiger partial charge in [0.25, 0.3) is 0 Å². The molecule has 0 radical (unpaired) electrons. The topological polar surface area (TPSA) is 47.2 Å². The Morgan fingerprint density at radius 3 is 2.52 bits per heavy atom. The molecule has 0 unspecified atom stereocenters. The molecule has 1 fully saturated rings. The summed E-state index contributed by atoms with van der Waals surface area (Å²) in [6.45, 7) is 4.08. The van der Waals surface area contributed by atoms with E-state index in [1.807, 2.05) is 12.1 Å². The first kappa shape index (κ1) is 16.1. The number of hydrogen-bond donors (Lipinski definition) is 0. The smallest absolute Gasteiger partial charge is 0.120 e. The zero-order chi connectivity index (χ0) is 15.1. The summed E-state index contributed by atoms with van der Waals surface area (Å²) in [5.41, 5.74) is 1.71. The molecule has 1 heterocycles. The Morgan fingerprint density at radius 2 is 1.90 bits per heavy atom. The normalized spacial score (nSPS) is 18.1. The minimum Gasteiger partial charge on any atom is -0.382 e. The first-order chi connectivity index (χ1) is 10.2. The van der Waals surface area contributed by atoms with Crippen molar-refractivity contribution >= 4 is 0 Å².